The summed E-state index contributed by atoms with van der Waals surface area (Å²) in [4.78, 5) is 2.41. The number of rotatable bonds is 11. The zero-order valence-electron chi connectivity index (χ0n) is 54.5. The first-order valence-corrected chi connectivity index (χ1v) is 34.2. The van der Waals surface area contributed by atoms with E-state index in [4.69, 9.17) is 0 Å². The molecule has 0 spiro atoms. The first-order valence-electron chi connectivity index (χ1n) is 34.2. The summed E-state index contributed by atoms with van der Waals surface area (Å²) >= 11 is 0. The molecule has 0 saturated carbocycles. The van der Waals surface area contributed by atoms with Gasteiger partial charge in [-0.15, -0.1) is 0 Å². The fraction of sp³-hybridized carbons (Fsp3) is 0.0101. The Morgan fingerprint density at radius 1 is 0.160 bits per heavy atom. The van der Waals surface area contributed by atoms with Crippen LogP contribution in [0, 0.1) is 0 Å². The van der Waals surface area contributed by atoms with E-state index < -0.39 is 0 Å². The number of anilines is 3. The molecule has 0 radical (unpaired) electrons. The molecule has 0 heterocycles. The Morgan fingerprint density at radius 2 is 0.460 bits per heavy atom. The van der Waals surface area contributed by atoms with Gasteiger partial charge >= 0.3 is 0 Å². The van der Waals surface area contributed by atoms with Crippen LogP contribution in [0.2, 0.25) is 0 Å². The molecule has 1 nitrogen and oxygen atoms in total. The summed E-state index contributed by atoms with van der Waals surface area (Å²) in [5, 5.41) is 17.9. The van der Waals surface area contributed by atoms with E-state index in [1.54, 1.807) is 0 Å². The zero-order valence-corrected chi connectivity index (χ0v) is 54.5. The Hall–Kier alpha value is -12.9. The van der Waals surface area contributed by atoms with Crippen LogP contribution >= 0.6 is 0 Å². The molecule has 19 aromatic rings. The third-order valence-corrected chi connectivity index (χ3v) is 20.1. The standard InChI is InChI=1S/C54H36.C44H29N.CH4/c1-5-17-37(18-6-1)43-29-31-47(49(33-43)39-21-9-3-10-22-39)53-45-27-15-16-28-46(45)54(52-36-42-26-14-13-25-41(42)35-51(52)53)48-32-30-44(38-19-7-2-8-20-38)34-50(48)40-23-11-4-12-24-40;1-3-10-30(11-4-1)32-20-24-35(25-21-32)45(36-26-22-33(23-27-36)31-12-5-2-6-13-31)42-29-28-40-38-17-8-15-34-14-7-16-37(43(34)38)39-18-9-19-41(42)44(39)40;/h1-36H;1-29H;1H4. The van der Waals surface area contributed by atoms with E-state index >= 15 is 0 Å². The SMILES string of the molecule is C.c1ccc(-c2ccc(-c3c4ccccc4c(-c4ccc(-c5ccccc5)cc4-c4ccccc4)c4cc5ccccc5cc34)c(-c3ccccc3)c2)cc1.c1ccc(-c2ccc(N(c3ccc(-c4ccccc4)cc3)c3ccc4c5cccc6cccc(c7cccc3c74)c65)cc2)cc1. The van der Waals surface area contributed by atoms with E-state index in [2.05, 4.69) is 399 Å². The van der Waals surface area contributed by atoms with Gasteiger partial charge in [-0.25, -0.2) is 0 Å². The van der Waals surface area contributed by atoms with Gasteiger partial charge in [0.1, 0.15) is 0 Å². The van der Waals surface area contributed by atoms with Crippen molar-refractivity contribution in [3.63, 3.8) is 0 Å². The van der Waals surface area contributed by atoms with Crippen LogP contribution in [-0.2, 0) is 0 Å². The summed E-state index contributed by atoms with van der Waals surface area (Å²) in [7, 11) is 0. The van der Waals surface area contributed by atoms with Crippen molar-refractivity contribution in [2.24, 2.45) is 0 Å². The second kappa shape index (κ2) is 26.2. The van der Waals surface area contributed by atoms with Crippen LogP contribution < -0.4 is 4.90 Å². The molecule has 1 heteroatoms. The van der Waals surface area contributed by atoms with E-state index in [-0.39, 0.29) is 7.43 Å². The van der Waals surface area contributed by atoms with E-state index in [0.29, 0.717) is 0 Å². The van der Waals surface area contributed by atoms with Gasteiger partial charge in [-0.2, -0.15) is 0 Å². The first-order chi connectivity index (χ1) is 49.1. The Labute approximate surface area is 584 Å². The molecule has 0 amide bonds. The van der Waals surface area contributed by atoms with Gasteiger partial charge in [-0.3, -0.25) is 0 Å². The van der Waals surface area contributed by atoms with Crippen molar-refractivity contribution >= 4 is 92.5 Å². The van der Waals surface area contributed by atoms with E-state index in [9.17, 15) is 0 Å². The maximum Gasteiger partial charge on any atom is 0.0540 e. The van der Waals surface area contributed by atoms with Gasteiger partial charge in [0, 0.05) is 16.8 Å². The molecule has 0 aliphatic rings. The molecule has 0 aromatic heterocycles. The van der Waals surface area contributed by atoms with E-state index in [0.717, 1.165) is 11.4 Å². The number of hydrogen-bond acceptors (Lipinski definition) is 1. The summed E-state index contributed by atoms with van der Waals surface area (Å²) in [5.41, 5.74) is 23.0. The van der Waals surface area contributed by atoms with Crippen molar-refractivity contribution in [1.82, 2.24) is 0 Å². The Balaban J connectivity index is 0.000000150. The Bertz CT molecular complexity index is 5810. The summed E-state index contributed by atoms with van der Waals surface area (Å²) in [6, 6.07) is 144. The van der Waals surface area contributed by atoms with Crippen molar-refractivity contribution in [2.45, 2.75) is 7.43 Å². The highest BCUT2D eigenvalue weighted by Gasteiger charge is 2.24. The lowest BCUT2D eigenvalue weighted by atomic mass is 9.80. The molecule has 0 bridgehead atoms. The highest BCUT2D eigenvalue weighted by molar-refractivity contribution is 6.34. The molecule has 470 valence electrons. The third kappa shape index (κ3) is 11.0. The van der Waals surface area contributed by atoms with Crippen molar-refractivity contribution < 1.29 is 0 Å². The first kappa shape index (κ1) is 60.7. The summed E-state index contributed by atoms with van der Waals surface area (Å²) in [5.74, 6) is 0. The molecule has 0 N–H and O–H groups in total. The van der Waals surface area contributed by atoms with Crippen LogP contribution in [0.15, 0.2) is 394 Å². The lowest BCUT2D eigenvalue weighted by Crippen LogP contribution is -2.10. The van der Waals surface area contributed by atoms with Crippen LogP contribution in [0.5, 0.6) is 0 Å². The average Bonchev–Trinajstić information content (AvgIpc) is 0.722. The Kier molecular flexibility index (Phi) is 15.9. The third-order valence-electron chi connectivity index (χ3n) is 20.1. The smallest absolute Gasteiger partial charge is 0.0540 e. The number of fused-ring (bicyclic) bond motifs is 5. The van der Waals surface area contributed by atoms with E-state index in [1.807, 2.05) is 0 Å². The average molecular weight is 1270 g/mol. The van der Waals surface area contributed by atoms with Crippen molar-refractivity contribution in [3.8, 4) is 89.0 Å². The fourth-order valence-corrected chi connectivity index (χ4v) is 15.4. The predicted molar refractivity (Wildman–Crippen MR) is 432 cm³/mol. The van der Waals surface area contributed by atoms with Crippen LogP contribution in [0.3, 0.4) is 0 Å². The summed E-state index contributed by atoms with van der Waals surface area (Å²) < 4.78 is 0. The van der Waals surface area contributed by atoms with Crippen molar-refractivity contribution in [2.75, 3.05) is 4.90 Å². The van der Waals surface area contributed by atoms with E-state index in [1.165, 1.54) is 170 Å². The van der Waals surface area contributed by atoms with Gasteiger partial charge in [-0.1, -0.05) is 347 Å². The molecule has 0 unspecified atom stereocenters. The maximum absolute atomic E-state index is 2.43. The molecule has 19 rings (SSSR count). The summed E-state index contributed by atoms with van der Waals surface area (Å²) in [6.45, 7) is 0. The quantitative estimate of drug-likeness (QED) is 0.0922. The Morgan fingerprint density at radius 3 is 0.880 bits per heavy atom. The minimum absolute atomic E-state index is 0. The number of benzene rings is 19. The molecule has 0 atom stereocenters. The summed E-state index contributed by atoms with van der Waals surface area (Å²) in [6.07, 6.45) is 0. The number of hydrogen-bond donors (Lipinski definition) is 0. The highest BCUT2D eigenvalue weighted by atomic mass is 15.1. The van der Waals surface area contributed by atoms with Crippen LogP contribution in [-0.4, -0.2) is 0 Å². The van der Waals surface area contributed by atoms with Crippen LogP contribution in [0.25, 0.3) is 164 Å². The van der Waals surface area contributed by atoms with Gasteiger partial charge in [-0.05, 0) is 214 Å². The minimum Gasteiger partial charge on any atom is -0.310 e. The number of nitrogens with zero attached hydrogens (tertiary/aromatic N) is 1. The largest absolute Gasteiger partial charge is 0.310 e. The molecular weight excluding hydrogens is 1200 g/mol. The molecule has 0 aliphatic heterocycles. The van der Waals surface area contributed by atoms with Gasteiger partial charge in [0.15, 0.2) is 0 Å². The topological polar surface area (TPSA) is 3.24 Å². The normalized spacial score (nSPS) is 11.3. The second-order valence-corrected chi connectivity index (χ2v) is 25.8. The second-order valence-electron chi connectivity index (χ2n) is 25.8. The molecule has 19 aromatic carbocycles. The lowest BCUT2D eigenvalue weighted by molar-refractivity contribution is 1.30. The molecule has 0 fully saturated rings. The molecule has 0 saturated heterocycles. The van der Waals surface area contributed by atoms with Gasteiger partial charge < -0.3 is 4.90 Å². The van der Waals surface area contributed by atoms with Crippen molar-refractivity contribution in [3.05, 3.63) is 394 Å². The van der Waals surface area contributed by atoms with Gasteiger partial charge in [0.25, 0.3) is 0 Å². The predicted octanol–water partition coefficient (Wildman–Crippen LogP) is 28.3. The lowest BCUT2D eigenvalue weighted by Gasteiger charge is -2.28. The van der Waals surface area contributed by atoms with Gasteiger partial charge in [0.2, 0.25) is 0 Å². The maximum atomic E-state index is 2.43. The van der Waals surface area contributed by atoms with Gasteiger partial charge in [0.05, 0.1) is 5.69 Å². The minimum atomic E-state index is 0. The monoisotopic (exact) mass is 1270 g/mol. The fourth-order valence-electron chi connectivity index (χ4n) is 15.4. The van der Waals surface area contributed by atoms with Crippen LogP contribution in [0.4, 0.5) is 17.1 Å². The molecular formula is C99H69N. The molecule has 100 heavy (non-hydrogen) atoms. The van der Waals surface area contributed by atoms with Crippen molar-refractivity contribution in [1.29, 1.82) is 0 Å². The molecule has 0 aliphatic carbocycles. The highest BCUT2D eigenvalue weighted by Crippen LogP contribution is 2.51. The zero-order chi connectivity index (χ0) is 65.6. The van der Waals surface area contributed by atoms with Crippen LogP contribution in [0.1, 0.15) is 7.43 Å².